The largest absolute Gasteiger partial charge is 0.497 e. The molecule has 4 aromatic rings. The highest BCUT2D eigenvalue weighted by Crippen LogP contribution is 2.34. The zero-order valence-corrected chi connectivity index (χ0v) is 18.5. The molecule has 1 amide bonds. The molecule has 3 heterocycles. The van der Waals surface area contributed by atoms with E-state index in [2.05, 4.69) is 15.3 Å². The van der Waals surface area contributed by atoms with Gasteiger partial charge in [0.15, 0.2) is 17.1 Å². The standard InChI is InChI=1S/C25H21N3O6/c1-14-23-19(15(12-29)11-26-14)10-20(25(34-23)28-16-4-3-5-18(8-16)31-2)24(30)27-17-6-7-21-22(9-17)33-13-32-21/h3-11,29H,12-13H2,1-2H3,(H,27,30). The van der Waals surface area contributed by atoms with Crippen LogP contribution >= 0.6 is 0 Å². The van der Waals surface area contributed by atoms with Crippen LogP contribution in [0.15, 0.2) is 64.1 Å². The van der Waals surface area contributed by atoms with Crippen LogP contribution in [0.4, 0.5) is 11.4 Å². The first-order chi connectivity index (χ1) is 16.6. The molecule has 1 aliphatic heterocycles. The summed E-state index contributed by atoms with van der Waals surface area (Å²) >= 11 is 0. The Labute approximate surface area is 194 Å². The maximum absolute atomic E-state index is 13.4. The fourth-order valence-electron chi connectivity index (χ4n) is 3.63. The Morgan fingerprint density at radius 3 is 2.85 bits per heavy atom. The van der Waals surface area contributed by atoms with E-state index in [1.54, 1.807) is 68.8 Å². The quantitative estimate of drug-likeness (QED) is 0.466. The third-order valence-corrected chi connectivity index (χ3v) is 5.38. The van der Waals surface area contributed by atoms with E-state index in [9.17, 15) is 9.90 Å². The monoisotopic (exact) mass is 459 g/mol. The van der Waals surface area contributed by atoms with Gasteiger partial charge in [0.2, 0.25) is 12.3 Å². The second kappa shape index (κ2) is 8.87. The maximum atomic E-state index is 13.4. The molecule has 2 aromatic carbocycles. The number of benzene rings is 2. The molecule has 34 heavy (non-hydrogen) atoms. The molecular weight excluding hydrogens is 438 g/mol. The number of aliphatic hydroxyl groups is 1. The topological polar surface area (TPSA) is 115 Å². The van der Waals surface area contributed by atoms with Crippen LogP contribution in [0.3, 0.4) is 0 Å². The number of hydrogen-bond donors (Lipinski definition) is 2. The van der Waals surface area contributed by atoms with E-state index in [1.807, 2.05) is 0 Å². The summed E-state index contributed by atoms with van der Waals surface area (Å²) in [6.07, 6.45) is 1.56. The molecule has 5 rings (SSSR count). The van der Waals surface area contributed by atoms with Gasteiger partial charge < -0.3 is 29.1 Å². The van der Waals surface area contributed by atoms with Crippen LogP contribution in [-0.4, -0.2) is 29.9 Å². The van der Waals surface area contributed by atoms with Gasteiger partial charge in [-0.1, -0.05) is 6.07 Å². The smallest absolute Gasteiger partial charge is 0.261 e. The average Bonchev–Trinajstić information content (AvgIpc) is 3.32. The fraction of sp³-hybridized carbons (Fsp3) is 0.160. The Bertz CT molecular complexity index is 1480. The molecule has 0 fully saturated rings. The van der Waals surface area contributed by atoms with Gasteiger partial charge in [-0.25, -0.2) is 4.99 Å². The van der Waals surface area contributed by atoms with E-state index in [1.165, 1.54) is 0 Å². The minimum atomic E-state index is -0.440. The summed E-state index contributed by atoms with van der Waals surface area (Å²) in [5.74, 6) is 1.34. The molecule has 2 aromatic heterocycles. The van der Waals surface area contributed by atoms with Gasteiger partial charge in [-0.15, -0.1) is 0 Å². The second-order valence-electron chi connectivity index (χ2n) is 7.57. The van der Waals surface area contributed by atoms with Gasteiger partial charge in [0.1, 0.15) is 11.3 Å². The number of nitrogens with one attached hydrogen (secondary N) is 1. The van der Waals surface area contributed by atoms with E-state index in [0.29, 0.717) is 50.8 Å². The van der Waals surface area contributed by atoms with Crippen LogP contribution in [0.5, 0.6) is 17.2 Å². The zero-order valence-electron chi connectivity index (χ0n) is 18.5. The number of anilines is 1. The third kappa shape index (κ3) is 4.04. The van der Waals surface area contributed by atoms with Crippen LogP contribution in [-0.2, 0) is 6.61 Å². The Kier molecular flexibility index (Phi) is 5.60. The Morgan fingerprint density at radius 2 is 2.03 bits per heavy atom. The van der Waals surface area contributed by atoms with Crippen molar-refractivity contribution in [1.29, 1.82) is 0 Å². The highest BCUT2D eigenvalue weighted by atomic mass is 16.7. The Morgan fingerprint density at radius 1 is 1.18 bits per heavy atom. The minimum absolute atomic E-state index is 0.0963. The average molecular weight is 459 g/mol. The molecule has 0 radical (unpaired) electrons. The molecule has 9 nitrogen and oxygen atoms in total. The molecule has 0 bridgehead atoms. The molecule has 2 N–H and O–H groups in total. The van der Waals surface area contributed by atoms with Gasteiger partial charge in [0, 0.05) is 35.0 Å². The molecule has 9 heteroatoms. The Balaban J connectivity index is 1.65. The summed E-state index contributed by atoms with van der Waals surface area (Å²) in [4.78, 5) is 22.2. The normalized spacial score (nSPS) is 12.7. The number of pyridine rings is 1. The number of aromatic nitrogens is 1. The lowest BCUT2D eigenvalue weighted by molar-refractivity contribution is 0.102. The van der Waals surface area contributed by atoms with Crippen LogP contribution in [0.1, 0.15) is 21.6 Å². The SMILES string of the molecule is COc1cccc(N=c2oc3c(C)ncc(CO)c3cc2C(=O)Nc2ccc3c(c2)OCO3)c1. The molecule has 0 spiro atoms. The predicted molar refractivity (Wildman–Crippen MR) is 123 cm³/mol. The first kappa shape index (κ1) is 21.5. The molecular formula is C25H21N3O6. The van der Waals surface area contributed by atoms with E-state index in [4.69, 9.17) is 18.6 Å². The van der Waals surface area contributed by atoms with Crippen LogP contribution in [0.2, 0.25) is 0 Å². The summed E-state index contributed by atoms with van der Waals surface area (Å²) in [6.45, 7) is 1.67. The highest BCUT2D eigenvalue weighted by molar-refractivity contribution is 6.05. The predicted octanol–water partition coefficient (Wildman–Crippen LogP) is 3.85. The summed E-state index contributed by atoms with van der Waals surface area (Å²) in [6, 6.07) is 13.9. The van der Waals surface area contributed by atoms with E-state index < -0.39 is 5.91 Å². The third-order valence-electron chi connectivity index (χ3n) is 5.38. The molecule has 1 aliphatic rings. The first-order valence-corrected chi connectivity index (χ1v) is 10.5. The number of hydrogen-bond acceptors (Lipinski definition) is 8. The van der Waals surface area contributed by atoms with Crippen molar-refractivity contribution in [3.63, 3.8) is 0 Å². The van der Waals surface area contributed by atoms with Gasteiger partial charge in [-0.3, -0.25) is 9.78 Å². The number of carbonyl (C=O) groups excluding carboxylic acids is 1. The van der Waals surface area contributed by atoms with Gasteiger partial charge >= 0.3 is 0 Å². The number of fused-ring (bicyclic) bond motifs is 2. The van der Waals surface area contributed by atoms with Crippen molar-refractivity contribution >= 4 is 28.3 Å². The number of nitrogens with zero attached hydrogens (tertiary/aromatic N) is 2. The molecule has 0 saturated carbocycles. The molecule has 0 unspecified atom stereocenters. The van der Waals surface area contributed by atoms with Crippen molar-refractivity contribution in [3.8, 4) is 17.2 Å². The summed E-state index contributed by atoms with van der Waals surface area (Å²) in [5.41, 5.74) is 2.94. The van der Waals surface area contributed by atoms with Crippen LogP contribution < -0.4 is 25.1 Å². The number of aryl methyl sites for hydroxylation is 1. The van der Waals surface area contributed by atoms with Crippen molar-refractivity contribution in [1.82, 2.24) is 4.98 Å². The van der Waals surface area contributed by atoms with Crippen molar-refractivity contribution in [2.24, 2.45) is 4.99 Å². The van der Waals surface area contributed by atoms with E-state index in [-0.39, 0.29) is 24.5 Å². The molecule has 0 atom stereocenters. The second-order valence-corrected chi connectivity index (χ2v) is 7.57. The number of methoxy groups -OCH3 is 1. The first-order valence-electron chi connectivity index (χ1n) is 10.5. The lowest BCUT2D eigenvalue weighted by atomic mass is 10.1. The number of amides is 1. The zero-order chi connectivity index (χ0) is 23.7. The number of ether oxygens (including phenoxy) is 3. The van der Waals surface area contributed by atoms with Gasteiger partial charge in [0.25, 0.3) is 5.91 Å². The highest BCUT2D eigenvalue weighted by Gasteiger charge is 2.18. The van der Waals surface area contributed by atoms with Crippen molar-refractivity contribution in [2.45, 2.75) is 13.5 Å². The lowest BCUT2D eigenvalue weighted by Crippen LogP contribution is -2.22. The molecule has 0 aliphatic carbocycles. The van der Waals surface area contributed by atoms with E-state index in [0.717, 1.165) is 0 Å². The molecule has 172 valence electrons. The van der Waals surface area contributed by atoms with Crippen molar-refractivity contribution in [2.75, 3.05) is 19.2 Å². The fourth-order valence-corrected chi connectivity index (χ4v) is 3.63. The van der Waals surface area contributed by atoms with Crippen LogP contribution in [0.25, 0.3) is 11.0 Å². The van der Waals surface area contributed by atoms with Gasteiger partial charge in [-0.05, 0) is 37.3 Å². The number of aliphatic hydroxyl groups excluding tert-OH is 1. The number of rotatable bonds is 5. The van der Waals surface area contributed by atoms with E-state index >= 15 is 0 Å². The van der Waals surface area contributed by atoms with Gasteiger partial charge in [0.05, 0.1) is 25.1 Å². The molecule has 0 saturated heterocycles. The summed E-state index contributed by atoms with van der Waals surface area (Å²) < 4.78 is 22.1. The minimum Gasteiger partial charge on any atom is -0.497 e. The maximum Gasteiger partial charge on any atom is 0.261 e. The van der Waals surface area contributed by atoms with Crippen molar-refractivity contribution < 1.29 is 28.5 Å². The Hall–Kier alpha value is -4.37. The summed E-state index contributed by atoms with van der Waals surface area (Å²) in [5, 5.41) is 13.2. The van der Waals surface area contributed by atoms with Gasteiger partial charge in [-0.2, -0.15) is 0 Å². The summed E-state index contributed by atoms with van der Waals surface area (Å²) in [7, 11) is 1.56. The number of carbonyl (C=O) groups is 1. The lowest BCUT2D eigenvalue weighted by Gasteiger charge is -2.10. The van der Waals surface area contributed by atoms with Crippen molar-refractivity contribution in [3.05, 3.63) is 77.1 Å². The van der Waals surface area contributed by atoms with Crippen LogP contribution in [0, 0.1) is 6.92 Å².